The van der Waals surface area contributed by atoms with E-state index in [1.54, 1.807) is 0 Å². The third kappa shape index (κ3) is 1.88. The second-order valence-corrected chi connectivity index (χ2v) is 4.47. The van der Waals surface area contributed by atoms with Crippen LogP contribution in [-0.4, -0.2) is 9.97 Å². The van der Waals surface area contributed by atoms with Crippen molar-refractivity contribution in [1.29, 1.82) is 0 Å². The van der Waals surface area contributed by atoms with Crippen LogP contribution in [0.3, 0.4) is 0 Å². The second kappa shape index (κ2) is 3.57. The second-order valence-electron chi connectivity index (χ2n) is 3.12. The first-order chi connectivity index (χ1) is 6.22. The maximum Gasteiger partial charge on any atom is 0.264 e. The molecule has 0 aliphatic heterocycles. The molecule has 5 heteroatoms. The first kappa shape index (κ1) is 9.45. The first-order valence-corrected chi connectivity index (χ1v) is 5.68. The van der Waals surface area contributed by atoms with Crippen LogP contribution >= 0.6 is 34.2 Å². The molecule has 0 spiro atoms. The molecule has 1 saturated carbocycles. The zero-order valence-electron chi connectivity index (χ0n) is 6.81. The lowest BCUT2D eigenvalue weighted by molar-refractivity contribution is 0.895. The first-order valence-electron chi connectivity index (χ1n) is 4.07. The van der Waals surface area contributed by atoms with Crippen LogP contribution in [0.4, 0.5) is 0 Å². The summed E-state index contributed by atoms with van der Waals surface area (Å²) < 4.78 is 0.717. The van der Waals surface area contributed by atoms with E-state index in [-0.39, 0.29) is 11.4 Å². The molecule has 1 N–H and O–H groups in total. The highest BCUT2D eigenvalue weighted by Gasteiger charge is 2.28. The van der Waals surface area contributed by atoms with Gasteiger partial charge in [-0.05, 0) is 35.4 Å². The third-order valence-electron chi connectivity index (χ3n) is 2.03. The van der Waals surface area contributed by atoms with Crippen LogP contribution in [0.25, 0.3) is 0 Å². The molecule has 0 amide bonds. The van der Waals surface area contributed by atoms with E-state index in [2.05, 4.69) is 9.97 Å². The van der Waals surface area contributed by atoms with E-state index in [1.165, 1.54) is 0 Å². The van der Waals surface area contributed by atoms with Gasteiger partial charge in [-0.25, -0.2) is 4.98 Å². The third-order valence-corrected chi connectivity index (χ3v) is 3.32. The highest BCUT2D eigenvalue weighted by molar-refractivity contribution is 14.1. The van der Waals surface area contributed by atoms with Crippen LogP contribution in [0.15, 0.2) is 4.79 Å². The maximum absolute atomic E-state index is 11.4. The summed E-state index contributed by atoms with van der Waals surface area (Å²) in [6.07, 6.45) is 2.29. The number of halogens is 2. The quantitative estimate of drug-likeness (QED) is 0.671. The number of aromatic nitrogens is 2. The Morgan fingerprint density at radius 3 is 2.85 bits per heavy atom. The Bertz CT molecular complexity index is 386. The molecule has 0 radical (unpaired) electrons. The van der Waals surface area contributed by atoms with Gasteiger partial charge in [0.1, 0.15) is 5.82 Å². The van der Waals surface area contributed by atoms with Gasteiger partial charge < -0.3 is 4.98 Å². The van der Waals surface area contributed by atoms with E-state index < -0.39 is 0 Å². The highest BCUT2D eigenvalue weighted by atomic mass is 127. The predicted molar refractivity (Wildman–Crippen MR) is 59.1 cm³/mol. The van der Waals surface area contributed by atoms with Crippen LogP contribution in [0.5, 0.6) is 0 Å². The molecule has 13 heavy (non-hydrogen) atoms. The Labute approximate surface area is 94.1 Å². The standard InChI is InChI=1S/C8H8ClIN2O/c9-3-5-11-7(4-1-2-4)6(10)8(13)12-5/h4H,1-3H2,(H,11,12,13). The molecule has 1 fully saturated rings. The van der Waals surface area contributed by atoms with Gasteiger partial charge in [0, 0.05) is 5.92 Å². The minimum absolute atomic E-state index is 0.0619. The lowest BCUT2D eigenvalue weighted by Gasteiger charge is -2.02. The van der Waals surface area contributed by atoms with E-state index in [0.29, 0.717) is 15.3 Å². The number of hydrogen-bond acceptors (Lipinski definition) is 2. The van der Waals surface area contributed by atoms with Gasteiger partial charge in [-0.2, -0.15) is 0 Å². The van der Waals surface area contributed by atoms with E-state index >= 15 is 0 Å². The molecule has 70 valence electrons. The minimum Gasteiger partial charge on any atom is -0.309 e. The minimum atomic E-state index is -0.0619. The molecule has 3 nitrogen and oxygen atoms in total. The van der Waals surface area contributed by atoms with Gasteiger partial charge in [-0.3, -0.25) is 4.79 Å². The Morgan fingerprint density at radius 2 is 2.31 bits per heavy atom. The van der Waals surface area contributed by atoms with Crippen molar-refractivity contribution in [3.63, 3.8) is 0 Å². The van der Waals surface area contributed by atoms with Gasteiger partial charge in [-0.1, -0.05) is 0 Å². The van der Waals surface area contributed by atoms with Gasteiger partial charge in [0.05, 0.1) is 15.1 Å². The van der Waals surface area contributed by atoms with Crippen molar-refractivity contribution in [2.24, 2.45) is 0 Å². The molecule has 2 rings (SSSR count). The SMILES string of the molecule is O=c1[nH]c(CCl)nc(C2CC2)c1I. The largest absolute Gasteiger partial charge is 0.309 e. The molecule has 1 aromatic rings. The van der Waals surface area contributed by atoms with Crippen molar-refractivity contribution in [2.75, 3.05) is 0 Å². The van der Waals surface area contributed by atoms with Crippen molar-refractivity contribution < 1.29 is 0 Å². The summed E-state index contributed by atoms with van der Waals surface area (Å²) in [5.41, 5.74) is 0.869. The molecule has 0 bridgehead atoms. The number of nitrogens with zero attached hydrogens (tertiary/aromatic N) is 1. The number of nitrogens with one attached hydrogen (secondary N) is 1. The molecule has 0 atom stereocenters. The Morgan fingerprint density at radius 1 is 1.62 bits per heavy atom. The molecule has 1 aliphatic carbocycles. The molecule has 0 saturated heterocycles. The zero-order valence-corrected chi connectivity index (χ0v) is 9.72. The van der Waals surface area contributed by atoms with Crippen LogP contribution in [-0.2, 0) is 5.88 Å². The lowest BCUT2D eigenvalue weighted by atomic mass is 10.3. The van der Waals surface area contributed by atoms with Crippen LogP contribution in [0, 0.1) is 3.57 Å². The normalized spacial score (nSPS) is 16.2. The van der Waals surface area contributed by atoms with Crippen LogP contribution in [0.2, 0.25) is 0 Å². The molecule has 0 unspecified atom stereocenters. The average molecular weight is 311 g/mol. The fourth-order valence-electron chi connectivity index (χ4n) is 1.22. The number of H-pyrrole nitrogens is 1. The van der Waals surface area contributed by atoms with Crippen molar-refractivity contribution in [3.05, 3.63) is 25.4 Å². The molecule has 1 aliphatic rings. The fraction of sp³-hybridized carbons (Fsp3) is 0.500. The molecule has 0 aromatic carbocycles. The summed E-state index contributed by atoms with van der Waals surface area (Å²) >= 11 is 7.66. The fourth-order valence-corrected chi connectivity index (χ4v) is 2.04. The number of rotatable bonds is 2. The number of hydrogen-bond donors (Lipinski definition) is 1. The van der Waals surface area contributed by atoms with E-state index in [9.17, 15) is 4.79 Å². The molecular formula is C8H8ClIN2O. The summed E-state index contributed by atoms with van der Waals surface area (Å²) in [5, 5.41) is 0. The van der Waals surface area contributed by atoms with Crippen LogP contribution < -0.4 is 5.56 Å². The van der Waals surface area contributed by atoms with Gasteiger partial charge in [-0.15, -0.1) is 11.6 Å². The highest BCUT2D eigenvalue weighted by Crippen LogP contribution is 2.40. The van der Waals surface area contributed by atoms with Gasteiger partial charge in [0.2, 0.25) is 0 Å². The van der Waals surface area contributed by atoms with E-state index in [4.69, 9.17) is 11.6 Å². The summed E-state index contributed by atoms with van der Waals surface area (Å²) in [5.74, 6) is 1.34. The van der Waals surface area contributed by atoms with Crippen molar-refractivity contribution in [3.8, 4) is 0 Å². The van der Waals surface area contributed by atoms with Crippen molar-refractivity contribution >= 4 is 34.2 Å². The number of alkyl halides is 1. The average Bonchev–Trinajstić information content (AvgIpc) is 2.92. The Kier molecular flexibility index (Phi) is 2.60. The van der Waals surface area contributed by atoms with Gasteiger partial charge >= 0.3 is 0 Å². The van der Waals surface area contributed by atoms with Crippen molar-refractivity contribution in [1.82, 2.24) is 9.97 Å². The maximum atomic E-state index is 11.4. The van der Waals surface area contributed by atoms with Gasteiger partial charge in [0.15, 0.2) is 0 Å². The smallest absolute Gasteiger partial charge is 0.264 e. The molecular weight excluding hydrogens is 302 g/mol. The Balaban J connectivity index is 2.52. The lowest BCUT2D eigenvalue weighted by Crippen LogP contribution is -2.17. The van der Waals surface area contributed by atoms with E-state index in [1.807, 2.05) is 22.6 Å². The summed E-state index contributed by atoms with van der Waals surface area (Å²) in [7, 11) is 0. The topological polar surface area (TPSA) is 45.8 Å². The molecule has 1 aromatic heterocycles. The predicted octanol–water partition coefficient (Wildman–Crippen LogP) is 1.99. The summed E-state index contributed by atoms with van der Waals surface area (Å²) in [4.78, 5) is 18.4. The van der Waals surface area contributed by atoms with Crippen molar-refractivity contribution in [2.45, 2.75) is 24.6 Å². The Hall–Kier alpha value is -0.100. The van der Waals surface area contributed by atoms with Crippen LogP contribution in [0.1, 0.15) is 30.3 Å². The van der Waals surface area contributed by atoms with E-state index in [0.717, 1.165) is 18.5 Å². The summed E-state index contributed by atoms with van der Waals surface area (Å²) in [6.45, 7) is 0. The molecule has 1 heterocycles. The number of aromatic amines is 1. The summed E-state index contributed by atoms with van der Waals surface area (Å²) in [6, 6.07) is 0. The monoisotopic (exact) mass is 310 g/mol. The zero-order chi connectivity index (χ0) is 9.42. The van der Waals surface area contributed by atoms with Gasteiger partial charge in [0.25, 0.3) is 5.56 Å².